The van der Waals surface area contributed by atoms with Crippen molar-refractivity contribution in [2.45, 2.75) is 0 Å². The molecular formula is CdPbZn2. The first-order chi connectivity index (χ1) is 0. The Morgan fingerprint density at radius 1 is 0.750 bits per heavy atom. The van der Waals surface area contributed by atoms with Crippen molar-refractivity contribution in [3.05, 3.63) is 0 Å². The van der Waals surface area contributed by atoms with Gasteiger partial charge in [-0.15, -0.1) is 0 Å². The summed E-state index contributed by atoms with van der Waals surface area (Å²) >= 11 is 0. The van der Waals surface area contributed by atoms with Crippen LogP contribution in [0.1, 0.15) is 0 Å². The maximum Gasteiger partial charge on any atom is 0 e. The van der Waals surface area contributed by atoms with Gasteiger partial charge in [0.2, 0.25) is 0 Å². The fourth-order valence-electron chi connectivity index (χ4n) is 0. The largest absolute Gasteiger partial charge is 0 e. The van der Waals surface area contributed by atoms with E-state index in [1.165, 1.54) is 0 Å². The number of hydrogen-bond donors (Lipinski definition) is 0. The van der Waals surface area contributed by atoms with Crippen LogP contribution in [-0.2, 0) is 66.3 Å². The van der Waals surface area contributed by atoms with Gasteiger partial charge in [0.1, 0.15) is 0 Å². The summed E-state index contributed by atoms with van der Waals surface area (Å²) in [6, 6.07) is 0. The van der Waals surface area contributed by atoms with Crippen LogP contribution in [0.5, 0.6) is 0 Å². The smallest absolute Gasteiger partial charge is 0 e. The van der Waals surface area contributed by atoms with Gasteiger partial charge in [0, 0.05) is 93.6 Å². The Kier molecular flexibility index (Phi) is 114. The van der Waals surface area contributed by atoms with E-state index in [0.29, 0.717) is 0 Å². The molecule has 0 fully saturated rings. The molecule has 0 aliphatic rings. The Morgan fingerprint density at radius 2 is 0.750 bits per heavy atom. The zero-order valence-electron chi connectivity index (χ0n) is 2.62. The first kappa shape index (κ1) is 27.5. The monoisotopic (exact) mass is 450 g/mol. The topological polar surface area (TPSA) is 0 Å². The van der Waals surface area contributed by atoms with Crippen molar-refractivity contribution >= 4 is 27.3 Å². The van der Waals surface area contributed by atoms with Gasteiger partial charge in [0.15, 0.2) is 0 Å². The SMILES string of the molecule is [Cd].[Pb].[Zn].[Zn]. The maximum atomic E-state index is 0. The van der Waals surface area contributed by atoms with Crippen molar-refractivity contribution in [2.24, 2.45) is 0 Å². The summed E-state index contributed by atoms with van der Waals surface area (Å²) in [5.41, 5.74) is 0. The minimum absolute atomic E-state index is 0. The molecule has 0 N–H and O–H groups in total. The second-order valence-corrected chi connectivity index (χ2v) is 0. The zero-order valence-corrected chi connectivity index (χ0v) is 16.5. The second-order valence-electron chi connectivity index (χ2n) is 0. The second kappa shape index (κ2) is 16.5. The maximum absolute atomic E-state index is 0. The Bertz CT molecular complexity index is 6.00. The van der Waals surface area contributed by atoms with Crippen LogP contribution in [0, 0.1) is 0 Å². The summed E-state index contributed by atoms with van der Waals surface area (Å²) in [4.78, 5) is 0. The molecule has 0 spiro atoms. The molecule has 0 unspecified atom stereocenters. The molecule has 0 aromatic rings. The molecular weight excluding hydrogens is 450 g/mol. The predicted octanol–water partition coefficient (Wildman–Crippen LogP) is -0.388. The van der Waals surface area contributed by atoms with Crippen molar-refractivity contribution in [1.29, 1.82) is 0 Å². The molecule has 0 rings (SSSR count). The fourth-order valence-corrected chi connectivity index (χ4v) is 0. The Hall–Kier alpha value is 3.09. The van der Waals surface area contributed by atoms with E-state index >= 15 is 0 Å². The van der Waals surface area contributed by atoms with Gasteiger partial charge in [-0.1, -0.05) is 0 Å². The molecule has 4 heavy (non-hydrogen) atoms. The average molecular weight is 450 g/mol. The third-order valence-electron chi connectivity index (χ3n) is 0. The summed E-state index contributed by atoms with van der Waals surface area (Å²) in [5, 5.41) is 0. The van der Waals surface area contributed by atoms with E-state index in [4.69, 9.17) is 0 Å². The molecule has 0 aliphatic heterocycles. The quantitative estimate of drug-likeness (QED) is 0.442. The first-order valence-electron chi connectivity index (χ1n) is 0. The van der Waals surface area contributed by atoms with Gasteiger partial charge >= 0.3 is 0 Å². The average Bonchev–Trinajstić information content (AvgIpc) is 0. The van der Waals surface area contributed by atoms with Crippen LogP contribution in [0.4, 0.5) is 0 Å². The molecule has 0 nitrogen and oxygen atoms in total. The molecule has 0 atom stereocenters. The van der Waals surface area contributed by atoms with Gasteiger partial charge in [-0.2, -0.15) is 0 Å². The van der Waals surface area contributed by atoms with Crippen molar-refractivity contribution in [2.75, 3.05) is 0 Å². The van der Waals surface area contributed by atoms with Crippen LogP contribution in [-0.4, -0.2) is 27.3 Å². The normalized spacial score (nSPS) is 0. The number of hydrogen-bond acceptors (Lipinski definition) is 0. The molecule has 0 aromatic carbocycles. The zero-order chi connectivity index (χ0) is 0. The Morgan fingerprint density at radius 3 is 0.750 bits per heavy atom. The third kappa shape index (κ3) is 8.92. The minimum atomic E-state index is 0. The summed E-state index contributed by atoms with van der Waals surface area (Å²) in [7, 11) is 0. The van der Waals surface area contributed by atoms with Crippen LogP contribution >= 0.6 is 0 Å². The molecule has 4 radical (unpaired) electrons. The van der Waals surface area contributed by atoms with Crippen molar-refractivity contribution < 1.29 is 66.3 Å². The van der Waals surface area contributed by atoms with E-state index in [9.17, 15) is 0 Å². The first-order valence-corrected chi connectivity index (χ1v) is 0. The van der Waals surface area contributed by atoms with E-state index in [0.717, 1.165) is 0 Å². The van der Waals surface area contributed by atoms with Crippen LogP contribution < -0.4 is 0 Å². The van der Waals surface area contributed by atoms with Crippen LogP contribution in [0.3, 0.4) is 0 Å². The van der Waals surface area contributed by atoms with Gasteiger partial charge in [0.05, 0.1) is 0 Å². The minimum Gasteiger partial charge on any atom is 0 e. The molecule has 0 aliphatic carbocycles. The van der Waals surface area contributed by atoms with Gasteiger partial charge in [-0.25, -0.2) is 0 Å². The van der Waals surface area contributed by atoms with E-state index in [1.807, 2.05) is 0 Å². The van der Waals surface area contributed by atoms with Crippen molar-refractivity contribution in [1.82, 2.24) is 0 Å². The van der Waals surface area contributed by atoms with Gasteiger partial charge in [-0.05, 0) is 0 Å². The summed E-state index contributed by atoms with van der Waals surface area (Å²) in [6.07, 6.45) is 0. The van der Waals surface area contributed by atoms with E-state index < -0.39 is 0 Å². The Labute approximate surface area is 91.7 Å². The molecule has 0 aromatic heterocycles. The van der Waals surface area contributed by atoms with E-state index in [1.54, 1.807) is 0 Å². The summed E-state index contributed by atoms with van der Waals surface area (Å²) < 4.78 is 0. The van der Waals surface area contributed by atoms with Gasteiger partial charge in [0.25, 0.3) is 0 Å². The van der Waals surface area contributed by atoms with E-state index in [-0.39, 0.29) is 93.6 Å². The van der Waals surface area contributed by atoms with Crippen LogP contribution in [0.15, 0.2) is 0 Å². The molecule has 0 saturated carbocycles. The summed E-state index contributed by atoms with van der Waals surface area (Å²) in [6.45, 7) is 0. The molecule has 0 bridgehead atoms. The standard InChI is InChI=1S/Cd.Pb.2Zn. The molecule has 0 heterocycles. The van der Waals surface area contributed by atoms with Gasteiger partial charge in [-0.3, -0.25) is 0 Å². The fraction of sp³-hybridized carbons (Fsp3) is 0. The summed E-state index contributed by atoms with van der Waals surface area (Å²) in [5.74, 6) is 0. The Balaban J connectivity index is 0. The third-order valence-corrected chi connectivity index (χ3v) is 0. The van der Waals surface area contributed by atoms with Crippen LogP contribution in [0.2, 0.25) is 0 Å². The number of rotatable bonds is 0. The van der Waals surface area contributed by atoms with E-state index in [2.05, 4.69) is 0 Å². The molecule has 10 valence electrons. The molecule has 0 saturated heterocycles. The predicted molar refractivity (Wildman–Crippen MR) is 5.75 cm³/mol. The molecule has 4 heteroatoms. The van der Waals surface area contributed by atoms with Crippen LogP contribution in [0.25, 0.3) is 0 Å². The molecule has 0 amide bonds. The van der Waals surface area contributed by atoms with Gasteiger partial charge < -0.3 is 0 Å². The van der Waals surface area contributed by atoms with Crippen molar-refractivity contribution in [3.8, 4) is 0 Å². The van der Waals surface area contributed by atoms with Crippen molar-refractivity contribution in [3.63, 3.8) is 0 Å².